The minimum atomic E-state index is 0.200. The van der Waals surface area contributed by atoms with Crippen LogP contribution in [0.15, 0.2) is 24.3 Å². The largest absolute Gasteiger partial charge is 0.396 e. The molecule has 1 rings (SSSR count). The molecule has 0 saturated heterocycles. The number of aliphatic hydroxyl groups excluding tert-OH is 1. The fourth-order valence-corrected chi connectivity index (χ4v) is 1.16. The average Bonchev–Trinajstić information content (AvgIpc) is 2.06. The van der Waals surface area contributed by atoms with Crippen molar-refractivity contribution in [2.45, 2.75) is 12.3 Å². The Morgan fingerprint density at radius 1 is 1.27 bits per heavy atom. The number of hydrogen-bond donors (Lipinski definition) is 1. The Morgan fingerprint density at radius 2 is 2.00 bits per heavy atom. The molecule has 1 N–H and O–H groups in total. The number of halogens is 1. The van der Waals surface area contributed by atoms with Gasteiger partial charge in [0.1, 0.15) is 0 Å². The number of rotatable bonds is 3. The van der Waals surface area contributed by atoms with Crippen LogP contribution in [0, 0.1) is 0 Å². The first kappa shape index (κ1) is 8.57. The van der Waals surface area contributed by atoms with Crippen molar-refractivity contribution in [3.05, 3.63) is 35.4 Å². The lowest BCUT2D eigenvalue weighted by Crippen LogP contribution is -1.90. The van der Waals surface area contributed by atoms with Crippen molar-refractivity contribution in [1.82, 2.24) is 0 Å². The van der Waals surface area contributed by atoms with Crippen LogP contribution < -0.4 is 0 Å². The van der Waals surface area contributed by atoms with Gasteiger partial charge in [-0.3, -0.25) is 0 Å². The van der Waals surface area contributed by atoms with E-state index in [1.54, 1.807) is 0 Å². The highest BCUT2D eigenvalue weighted by atomic mass is 35.5. The summed E-state index contributed by atoms with van der Waals surface area (Å²) in [5.41, 5.74) is 2.25. The summed E-state index contributed by atoms with van der Waals surface area (Å²) in [7, 11) is 0. The van der Waals surface area contributed by atoms with E-state index in [-0.39, 0.29) is 6.61 Å². The summed E-state index contributed by atoms with van der Waals surface area (Å²) >= 11 is 5.64. The number of benzene rings is 1. The highest BCUT2D eigenvalue weighted by Crippen LogP contribution is 2.07. The predicted octanol–water partition coefficient (Wildman–Crippen LogP) is 1.96. The second-order valence-corrected chi connectivity index (χ2v) is 2.69. The summed E-state index contributed by atoms with van der Waals surface area (Å²) in [5, 5.41) is 8.65. The second kappa shape index (κ2) is 4.37. The molecule has 0 spiro atoms. The van der Waals surface area contributed by atoms with Crippen LogP contribution in [0.2, 0.25) is 0 Å². The van der Waals surface area contributed by atoms with Crippen molar-refractivity contribution >= 4 is 11.6 Å². The number of aliphatic hydroxyl groups is 1. The smallest absolute Gasteiger partial charge is 0.0474 e. The van der Waals surface area contributed by atoms with Crippen molar-refractivity contribution < 1.29 is 5.11 Å². The van der Waals surface area contributed by atoms with Crippen LogP contribution in [0.5, 0.6) is 0 Å². The molecule has 2 heteroatoms. The molecule has 0 saturated carbocycles. The summed E-state index contributed by atoms with van der Waals surface area (Å²) in [6.45, 7) is 0.200. The molecule has 11 heavy (non-hydrogen) atoms. The van der Waals surface area contributed by atoms with Gasteiger partial charge in [-0.1, -0.05) is 24.3 Å². The molecule has 0 aliphatic carbocycles. The van der Waals surface area contributed by atoms with Crippen LogP contribution in [0.4, 0.5) is 0 Å². The molecule has 1 aromatic carbocycles. The first-order valence-corrected chi connectivity index (χ1v) is 4.15. The van der Waals surface area contributed by atoms with Gasteiger partial charge in [0.05, 0.1) is 0 Å². The van der Waals surface area contributed by atoms with Crippen LogP contribution >= 0.6 is 11.6 Å². The van der Waals surface area contributed by atoms with Gasteiger partial charge in [0.25, 0.3) is 0 Å². The van der Waals surface area contributed by atoms with E-state index >= 15 is 0 Å². The van der Waals surface area contributed by atoms with Crippen LogP contribution in [0.25, 0.3) is 0 Å². The Labute approximate surface area is 71.6 Å². The minimum absolute atomic E-state index is 0.200. The van der Waals surface area contributed by atoms with E-state index in [0.717, 1.165) is 11.1 Å². The highest BCUT2D eigenvalue weighted by Gasteiger charge is 1.93. The van der Waals surface area contributed by atoms with Crippen LogP contribution in [-0.2, 0) is 12.3 Å². The quantitative estimate of drug-likeness (QED) is 0.688. The van der Waals surface area contributed by atoms with Gasteiger partial charge in [0, 0.05) is 12.5 Å². The van der Waals surface area contributed by atoms with Crippen LogP contribution in [0.1, 0.15) is 11.1 Å². The standard InChI is InChI=1S/C9H11ClO/c10-7-9-3-1-2-8(6-9)4-5-11/h1-3,6,11H,4-5,7H2. The molecule has 1 aromatic rings. The number of hydrogen-bond acceptors (Lipinski definition) is 1. The average molecular weight is 171 g/mol. The van der Waals surface area contributed by atoms with Gasteiger partial charge in [-0.15, -0.1) is 11.6 Å². The zero-order valence-corrected chi connectivity index (χ0v) is 7.01. The summed E-state index contributed by atoms with van der Waals surface area (Å²) in [6.07, 6.45) is 0.713. The van der Waals surface area contributed by atoms with E-state index in [0.29, 0.717) is 12.3 Å². The third kappa shape index (κ3) is 2.52. The fourth-order valence-electron chi connectivity index (χ4n) is 0.997. The van der Waals surface area contributed by atoms with Crippen molar-refractivity contribution in [3.63, 3.8) is 0 Å². The maximum Gasteiger partial charge on any atom is 0.0474 e. The van der Waals surface area contributed by atoms with Crippen molar-refractivity contribution in [3.8, 4) is 0 Å². The Hall–Kier alpha value is -0.530. The van der Waals surface area contributed by atoms with Crippen molar-refractivity contribution in [2.24, 2.45) is 0 Å². The van der Waals surface area contributed by atoms with Gasteiger partial charge in [0.15, 0.2) is 0 Å². The lowest BCUT2D eigenvalue weighted by atomic mass is 10.1. The first-order chi connectivity index (χ1) is 5.36. The van der Waals surface area contributed by atoms with Gasteiger partial charge < -0.3 is 5.11 Å². The molecular weight excluding hydrogens is 160 g/mol. The van der Waals surface area contributed by atoms with Gasteiger partial charge in [-0.2, -0.15) is 0 Å². The normalized spacial score (nSPS) is 10.0. The van der Waals surface area contributed by atoms with E-state index in [1.807, 2.05) is 24.3 Å². The van der Waals surface area contributed by atoms with Crippen molar-refractivity contribution in [1.29, 1.82) is 0 Å². The van der Waals surface area contributed by atoms with Gasteiger partial charge in [-0.25, -0.2) is 0 Å². The molecule has 0 radical (unpaired) electrons. The Morgan fingerprint density at radius 3 is 2.64 bits per heavy atom. The lowest BCUT2D eigenvalue weighted by molar-refractivity contribution is 0.299. The monoisotopic (exact) mass is 170 g/mol. The Balaban J connectivity index is 2.74. The molecule has 0 bridgehead atoms. The third-order valence-corrected chi connectivity index (χ3v) is 1.85. The first-order valence-electron chi connectivity index (χ1n) is 3.61. The molecule has 0 aliphatic heterocycles. The number of alkyl halides is 1. The molecule has 0 aromatic heterocycles. The summed E-state index contributed by atoms with van der Waals surface area (Å²) in [4.78, 5) is 0. The Kier molecular flexibility index (Phi) is 3.40. The molecule has 60 valence electrons. The summed E-state index contributed by atoms with van der Waals surface area (Å²) < 4.78 is 0. The van der Waals surface area contributed by atoms with E-state index in [4.69, 9.17) is 16.7 Å². The molecule has 1 nitrogen and oxygen atoms in total. The summed E-state index contributed by atoms with van der Waals surface area (Å²) in [6, 6.07) is 7.95. The van der Waals surface area contributed by atoms with Crippen LogP contribution in [-0.4, -0.2) is 11.7 Å². The predicted molar refractivity (Wildman–Crippen MR) is 46.8 cm³/mol. The van der Waals surface area contributed by atoms with E-state index < -0.39 is 0 Å². The SMILES string of the molecule is OCCc1cccc(CCl)c1. The molecule has 0 aliphatic rings. The van der Waals surface area contributed by atoms with Crippen LogP contribution in [0.3, 0.4) is 0 Å². The highest BCUT2D eigenvalue weighted by molar-refractivity contribution is 6.17. The maximum atomic E-state index is 8.65. The minimum Gasteiger partial charge on any atom is -0.396 e. The van der Waals surface area contributed by atoms with E-state index in [1.165, 1.54) is 0 Å². The molecule has 0 atom stereocenters. The molecule has 0 unspecified atom stereocenters. The topological polar surface area (TPSA) is 20.2 Å². The Bertz CT molecular complexity index is 223. The summed E-state index contributed by atoms with van der Waals surface area (Å²) in [5.74, 6) is 0.541. The van der Waals surface area contributed by atoms with Crippen molar-refractivity contribution in [2.75, 3.05) is 6.61 Å². The zero-order valence-electron chi connectivity index (χ0n) is 6.26. The van der Waals surface area contributed by atoms with Gasteiger partial charge in [-0.05, 0) is 17.5 Å². The second-order valence-electron chi connectivity index (χ2n) is 2.43. The van der Waals surface area contributed by atoms with Gasteiger partial charge in [0.2, 0.25) is 0 Å². The van der Waals surface area contributed by atoms with E-state index in [9.17, 15) is 0 Å². The maximum absolute atomic E-state index is 8.65. The molecular formula is C9H11ClO. The van der Waals surface area contributed by atoms with Gasteiger partial charge >= 0.3 is 0 Å². The molecule has 0 amide bonds. The fraction of sp³-hybridized carbons (Fsp3) is 0.333. The molecule has 0 heterocycles. The lowest BCUT2D eigenvalue weighted by Gasteiger charge is -1.99. The molecule has 0 fully saturated rings. The third-order valence-electron chi connectivity index (χ3n) is 1.55. The van der Waals surface area contributed by atoms with E-state index in [2.05, 4.69) is 0 Å². The zero-order chi connectivity index (χ0) is 8.10.